The number of H-pyrrole nitrogens is 1. The largest absolute Gasteiger partial charge is 0.365 e. The third-order valence-electron chi connectivity index (χ3n) is 5.73. The summed E-state index contributed by atoms with van der Waals surface area (Å²) in [6, 6.07) is 6.79. The second kappa shape index (κ2) is 8.17. The molecule has 4 N–H and O–H groups in total. The fourth-order valence-corrected chi connectivity index (χ4v) is 4.18. The fourth-order valence-electron chi connectivity index (χ4n) is 4.18. The minimum absolute atomic E-state index is 0.0226. The van der Waals surface area contributed by atoms with Gasteiger partial charge in [0.05, 0.1) is 23.3 Å². The van der Waals surface area contributed by atoms with Crippen LogP contribution in [-0.4, -0.2) is 44.3 Å². The van der Waals surface area contributed by atoms with Crippen LogP contribution in [0.1, 0.15) is 47.3 Å². The van der Waals surface area contributed by atoms with E-state index in [2.05, 4.69) is 27.4 Å². The van der Waals surface area contributed by atoms with Crippen LogP contribution in [0.15, 0.2) is 36.7 Å². The molecule has 160 valence electrons. The standard InChI is InChI=1S/C22H24N6O3/c1-12-5-6-17(14-8-13(2)18-15(9-14)10-25-27-18)28(11-12)22(31)21(30)26-20-16(19(23)29)4-3-7-24-20/h3-4,7-10,12,17H,5-6,11H2,1-2H3,(H2,23,29)(H,25,27)(H,24,26,30)/t12-,17+/m0/s1. The number of nitrogens with two attached hydrogens (primary N) is 1. The van der Waals surface area contributed by atoms with Crippen LogP contribution in [0.3, 0.4) is 0 Å². The molecule has 3 aromatic rings. The zero-order valence-electron chi connectivity index (χ0n) is 17.4. The van der Waals surface area contributed by atoms with Gasteiger partial charge < -0.3 is 16.0 Å². The molecule has 2 atom stereocenters. The van der Waals surface area contributed by atoms with Gasteiger partial charge in [0, 0.05) is 18.1 Å². The molecule has 31 heavy (non-hydrogen) atoms. The minimum Gasteiger partial charge on any atom is -0.365 e. The van der Waals surface area contributed by atoms with Crippen molar-refractivity contribution >= 4 is 34.4 Å². The lowest BCUT2D eigenvalue weighted by atomic mass is 9.88. The number of aromatic nitrogens is 3. The van der Waals surface area contributed by atoms with Crippen molar-refractivity contribution in [3.05, 3.63) is 53.3 Å². The van der Waals surface area contributed by atoms with E-state index in [9.17, 15) is 14.4 Å². The van der Waals surface area contributed by atoms with Gasteiger partial charge >= 0.3 is 11.8 Å². The summed E-state index contributed by atoms with van der Waals surface area (Å²) in [7, 11) is 0. The monoisotopic (exact) mass is 420 g/mol. The number of piperidine rings is 1. The van der Waals surface area contributed by atoms with E-state index in [0.717, 1.165) is 34.9 Å². The normalized spacial score (nSPS) is 18.7. The molecule has 0 unspecified atom stereocenters. The summed E-state index contributed by atoms with van der Waals surface area (Å²) in [5, 5.41) is 10.5. The lowest BCUT2D eigenvalue weighted by Gasteiger charge is -2.38. The topological polar surface area (TPSA) is 134 Å². The summed E-state index contributed by atoms with van der Waals surface area (Å²) in [6.07, 6.45) is 4.87. The van der Waals surface area contributed by atoms with Gasteiger partial charge in [0.1, 0.15) is 5.82 Å². The first-order valence-electron chi connectivity index (χ1n) is 10.2. The van der Waals surface area contributed by atoms with Gasteiger partial charge in [-0.25, -0.2) is 4.98 Å². The number of aromatic amines is 1. The van der Waals surface area contributed by atoms with Gasteiger partial charge in [-0.2, -0.15) is 5.10 Å². The highest BCUT2D eigenvalue weighted by atomic mass is 16.2. The van der Waals surface area contributed by atoms with Gasteiger partial charge in [0.15, 0.2) is 0 Å². The van der Waals surface area contributed by atoms with Gasteiger partial charge in [0.25, 0.3) is 5.91 Å². The van der Waals surface area contributed by atoms with Crippen LogP contribution >= 0.6 is 0 Å². The molecule has 2 aromatic heterocycles. The summed E-state index contributed by atoms with van der Waals surface area (Å²) in [5.74, 6) is -2.00. The molecule has 0 spiro atoms. The first-order valence-corrected chi connectivity index (χ1v) is 10.2. The number of amides is 3. The smallest absolute Gasteiger partial charge is 0.315 e. The van der Waals surface area contributed by atoms with Crippen LogP contribution < -0.4 is 11.1 Å². The van der Waals surface area contributed by atoms with E-state index in [1.165, 1.54) is 18.3 Å². The zero-order valence-corrected chi connectivity index (χ0v) is 17.4. The van der Waals surface area contributed by atoms with E-state index in [-0.39, 0.29) is 23.3 Å². The Bertz CT molecular complexity index is 1170. The van der Waals surface area contributed by atoms with Crippen molar-refractivity contribution < 1.29 is 14.4 Å². The van der Waals surface area contributed by atoms with Crippen LogP contribution in [0.4, 0.5) is 5.82 Å². The maximum atomic E-state index is 13.2. The van der Waals surface area contributed by atoms with Crippen molar-refractivity contribution in [2.45, 2.75) is 32.7 Å². The molecule has 3 amide bonds. The number of rotatable bonds is 3. The molecule has 9 nitrogen and oxygen atoms in total. The predicted octanol–water partition coefficient (Wildman–Crippen LogP) is 2.30. The number of fused-ring (bicyclic) bond motifs is 1. The molecule has 9 heteroatoms. The summed E-state index contributed by atoms with van der Waals surface area (Å²) in [4.78, 5) is 43.2. The van der Waals surface area contributed by atoms with Crippen LogP contribution in [0.2, 0.25) is 0 Å². The van der Waals surface area contributed by atoms with E-state index < -0.39 is 17.7 Å². The number of pyridine rings is 1. The number of benzene rings is 1. The predicted molar refractivity (Wildman–Crippen MR) is 115 cm³/mol. The molecule has 1 saturated heterocycles. The van der Waals surface area contributed by atoms with Gasteiger partial charge in [-0.1, -0.05) is 13.0 Å². The summed E-state index contributed by atoms with van der Waals surface area (Å²) < 4.78 is 0. The number of carbonyl (C=O) groups excluding carboxylic acids is 3. The van der Waals surface area contributed by atoms with Gasteiger partial charge in [-0.3, -0.25) is 19.5 Å². The SMILES string of the molecule is Cc1cc([C@H]2CC[C@H](C)CN2C(=O)C(=O)Nc2ncccc2C(N)=O)cc2cn[nH]c12. The molecule has 3 heterocycles. The van der Waals surface area contributed by atoms with Crippen molar-refractivity contribution in [3.8, 4) is 0 Å². The quantitative estimate of drug-likeness (QED) is 0.559. The number of nitrogens with zero attached hydrogens (tertiary/aromatic N) is 3. The minimum atomic E-state index is -0.846. The Labute approximate surface area is 179 Å². The Hall–Kier alpha value is -3.75. The van der Waals surface area contributed by atoms with E-state index in [1.54, 1.807) is 11.1 Å². The zero-order chi connectivity index (χ0) is 22.1. The number of anilines is 1. The van der Waals surface area contributed by atoms with Crippen molar-refractivity contribution in [1.82, 2.24) is 20.1 Å². The van der Waals surface area contributed by atoms with Crippen molar-refractivity contribution in [2.75, 3.05) is 11.9 Å². The highest BCUT2D eigenvalue weighted by molar-refractivity contribution is 6.39. The molecule has 0 aliphatic carbocycles. The first kappa shape index (κ1) is 20.5. The fraction of sp³-hybridized carbons (Fsp3) is 0.318. The van der Waals surface area contributed by atoms with Crippen molar-refractivity contribution in [3.63, 3.8) is 0 Å². The number of hydrogen-bond donors (Lipinski definition) is 3. The Kier molecular flexibility index (Phi) is 5.41. The average Bonchev–Trinajstić information content (AvgIpc) is 3.22. The highest BCUT2D eigenvalue weighted by Gasteiger charge is 2.35. The van der Waals surface area contributed by atoms with E-state index in [4.69, 9.17) is 5.73 Å². The lowest BCUT2D eigenvalue weighted by molar-refractivity contribution is -0.146. The lowest BCUT2D eigenvalue weighted by Crippen LogP contribution is -2.46. The van der Waals surface area contributed by atoms with Crippen LogP contribution in [0.5, 0.6) is 0 Å². The first-order chi connectivity index (χ1) is 14.8. The molecule has 0 radical (unpaired) electrons. The van der Waals surface area contributed by atoms with Gasteiger partial charge in [0.2, 0.25) is 0 Å². The van der Waals surface area contributed by atoms with Crippen molar-refractivity contribution in [1.29, 1.82) is 0 Å². The third-order valence-corrected chi connectivity index (χ3v) is 5.73. The highest BCUT2D eigenvalue weighted by Crippen LogP contribution is 2.35. The third kappa shape index (κ3) is 3.98. The maximum Gasteiger partial charge on any atom is 0.315 e. The molecule has 1 aliphatic heterocycles. The molecule has 1 aromatic carbocycles. The summed E-state index contributed by atoms with van der Waals surface area (Å²) in [6.45, 7) is 4.51. The second-order valence-electron chi connectivity index (χ2n) is 8.05. The number of nitrogens with one attached hydrogen (secondary N) is 2. The molecule has 4 rings (SSSR count). The molecular weight excluding hydrogens is 396 g/mol. The Morgan fingerprint density at radius 1 is 1.26 bits per heavy atom. The number of likely N-dealkylation sites (tertiary alicyclic amines) is 1. The second-order valence-corrected chi connectivity index (χ2v) is 8.05. The molecule has 0 bridgehead atoms. The Morgan fingerprint density at radius 2 is 2.06 bits per heavy atom. The molecule has 1 fully saturated rings. The van der Waals surface area contributed by atoms with Gasteiger partial charge in [-0.05, 0) is 55.0 Å². The summed E-state index contributed by atoms with van der Waals surface area (Å²) >= 11 is 0. The number of carbonyl (C=O) groups is 3. The van der Waals surface area contributed by atoms with Crippen LogP contribution in [0.25, 0.3) is 10.9 Å². The molecular formula is C22H24N6O3. The number of primary amides is 1. The molecule has 1 aliphatic rings. The van der Waals surface area contributed by atoms with Crippen LogP contribution in [-0.2, 0) is 9.59 Å². The Morgan fingerprint density at radius 3 is 2.84 bits per heavy atom. The van der Waals surface area contributed by atoms with Crippen LogP contribution in [0, 0.1) is 12.8 Å². The summed E-state index contributed by atoms with van der Waals surface area (Å²) in [5.41, 5.74) is 8.34. The molecule has 0 saturated carbocycles. The van der Waals surface area contributed by atoms with E-state index in [1.807, 2.05) is 19.1 Å². The maximum absolute atomic E-state index is 13.2. The van der Waals surface area contributed by atoms with Crippen molar-refractivity contribution in [2.24, 2.45) is 11.7 Å². The average molecular weight is 420 g/mol. The van der Waals surface area contributed by atoms with E-state index in [0.29, 0.717) is 6.54 Å². The van der Waals surface area contributed by atoms with E-state index >= 15 is 0 Å². The van der Waals surface area contributed by atoms with Gasteiger partial charge in [-0.15, -0.1) is 0 Å². The Balaban J connectivity index is 1.62. The number of hydrogen-bond acceptors (Lipinski definition) is 5. The number of aryl methyl sites for hydroxylation is 1.